The van der Waals surface area contributed by atoms with E-state index >= 15 is 0 Å². The molecule has 1 amide bonds. The van der Waals surface area contributed by atoms with Crippen LogP contribution in [0, 0.1) is 12.7 Å². The van der Waals surface area contributed by atoms with E-state index in [1.807, 2.05) is 13.0 Å². The number of thioether (sulfide) groups is 1. The van der Waals surface area contributed by atoms with Crippen molar-refractivity contribution in [2.75, 3.05) is 18.2 Å². The first-order valence-electron chi connectivity index (χ1n) is 6.96. The van der Waals surface area contributed by atoms with Crippen molar-refractivity contribution in [3.8, 4) is 5.75 Å². The number of anilines is 1. The smallest absolute Gasteiger partial charge is 0.234 e. The van der Waals surface area contributed by atoms with Crippen LogP contribution in [0.4, 0.5) is 10.1 Å². The van der Waals surface area contributed by atoms with Gasteiger partial charge in [0.25, 0.3) is 0 Å². The molecule has 0 saturated heterocycles. The number of hydrogen-bond acceptors (Lipinski definition) is 3. The maximum Gasteiger partial charge on any atom is 0.234 e. The van der Waals surface area contributed by atoms with Gasteiger partial charge in [-0.2, -0.15) is 0 Å². The number of methoxy groups -OCH3 is 1. The highest BCUT2D eigenvalue weighted by atomic mass is 35.5. The van der Waals surface area contributed by atoms with E-state index in [1.165, 1.54) is 24.9 Å². The van der Waals surface area contributed by atoms with Gasteiger partial charge in [0.1, 0.15) is 0 Å². The first-order valence-corrected chi connectivity index (χ1v) is 8.49. The summed E-state index contributed by atoms with van der Waals surface area (Å²) in [5, 5.41) is 3.44. The van der Waals surface area contributed by atoms with Crippen LogP contribution in [-0.2, 0) is 10.5 Å². The van der Waals surface area contributed by atoms with E-state index in [2.05, 4.69) is 5.32 Å². The van der Waals surface area contributed by atoms with Crippen LogP contribution < -0.4 is 10.1 Å². The second-order valence-electron chi connectivity index (χ2n) is 4.92. The van der Waals surface area contributed by atoms with E-state index in [-0.39, 0.29) is 17.4 Å². The van der Waals surface area contributed by atoms with Crippen molar-refractivity contribution in [3.63, 3.8) is 0 Å². The number of amides is 1. The van der Waals surface area contributed by atoms with E-state index in [0.717, 1.165) is 11.1 Å². The molecule has 2 aromatic rings. The summed E-state index contributed by atoms with van der Waals surface area (Å²) in [6.07, 6.45) is 0. The van der Waals surface area contributed by atoms with Crippen LogP contribution >= 0.6 is 23.4 Å². The highest BCUT2D eigenvalue weighted by molar-refractivity contribution is 7.99. The Bertz CT molecular complexity index is 709. The van der Waals surface area contributed by atoms with Gasteiger partial charge in [-0.25, -0.2) is 4.39 Å². The number of rotatable bonds is 6. The van der Waals surface area contributed by atoms with Gasteiger partial charge in [-0.1, -0.05) is 23.7 Å². The SMILES string of the molecule is COc1ccc(CSCC(=O)Nc2cccc(Cl)c2C)cc1F. The number of ether oxygens (including phenoxy) is 1. The van der Waals surface area contributed by atoms with Crippen LogP contribution in [0.5, 0.6) is 5.75 Å². The number of nitrogens with one attached hydrogen (secondary N) is 1. The lowest BCUT2D eigenvalue weighted by Crippen LogP contribution is -2.15. The fourth-order valence-corrected chi connectivity index (χ4v) is 2.94. The average molecular weight is 354 g/mol. The van der Waals surface area contributed by atoms with Crippen LogP contribution in [-0.4, -0.2) is 18.8 Å². The summed E-state index contributed by atoms with van der Waals surface area (Å²) in [5.74, 6) is 0.523. The summed E-state index contributed by atoms with van der Waals surface area (Å²) >= 11 is 7.43. The molecule has 0 aliphatic heterocycles. The van der Waals surface area contributed by atoms with Crippen molar-refractivity contribution >= 4 is 35.0 Å². The van der Waals surface area contributed by atoms with Gasteiger partial charge in [0.05, 0.1) is 12.9 Å². The molecule has 1 N–H and O–H groups in total. The van der Waals surface area contributed by atoms with Crippen molar-refractivity contribution in [2.24, 2.45) is 0 Å². The molecule has 0 saturated carbocycles. The number of carbonyl (C=O) groups is 1. The lowest BCUT2D eigenvalue weighted by Gasteiger charge is -2.09. The Balaban J connectivity index is 1.85. The molecule has 0 spiro atoms. The monoisotopic (exact) mass is 353 g/mol. The van der Waals surface area contributed by atoms with Gasteiger partial charge in [-0.3, -0.25) is 4.79 Å². The third-order valence-electron chi connectivity index (χ3n) is 3.26. The molecular formula is C17H17ClFNO2S. The molecule has 6 heteroatoms. The Morgan fingerprint density at radius 2 is 2.13 bits per heavy atom. The van der Waals surface area contributed by atoms with Crippen LogP contribution in [0.15, 0.2) is 36.4 Å². The molecule has 0 unspecified atom stereocenters. The third kappa shape index (κ3) is 4.88. The number of halogens is 2. The molecule has 0 bridgehead atoms. The van der Waals surface area contributed by atoms with Crippen molar-refractivity contribution < 1.29 is 13.9 Å². The Morgan fingerprint density at radius 1 is 1.35 bits per heavy atom. The summed E-state index contributed by atoms with van der Waals surface area (Å²) in [6.45, 7) is 1.85. The van der Waals surface area contributed by atoms with Gasteiger partial charge < -0.3 is 10.1 Å². The zero-order valence-electron chi connectivity index (χ0n) is 12.9. The minimum absolute atomic E-state index is 0.116. The van der Waals surface area contributed by atoms with Gasteiger partial charge in [0, 0.05) is 16.5 Å². The third-order valence-corrected chi connectivity index (χ3v) is 4.67. The zero-order chi connectivity index (χ0) is 16.8. The predicted octanol–water partition coefficient (Wildman–Crippen LogP) is 4.67. The van der Waals surface area contributed by atoms with Crippen LogP contribution in [0.25, 0.3) is 0 Å². The molecule has 0 atom stereocenters. The summed E-state index contributed by atoms with van der Waals surface area (Å²) in [4.78, 5) is 12.0. The predicted molar refractivity (Wildman–Crippen MR) is 93.9 cm³/mol. The first-order chi connectivity index (χ1) is 11.0. The summed E-state index contributed by atoms with van der Waals surface area (Å²) < 4.78 is 18.5. The van der Waals surface area contributed by atoms with Gasteiger partial charge in [-0.15, -0.1) is 11.8 Å². The van der Waals surface area contributed by atoms with Crippen molar-refractivity contribution in [2.45, 2.75) is 12.7 Å². The fourth-order valence-electron chi connectivity index (χ4n) is 1.99. The topological polar surface area (TPSA) is 38.3 Å². The standard InChI is InChI=1S/C17H17ClFNO2S/c1-11-13(18)4-3-5-15(11)20-17(21)10-23-9-12-6-7-16(22-2)14(19)8-12/h3-8H,9-10H2,1-2H3,(H,20,21). The minimum Gasteiger partial charge on any atom is -0.494 e. The summed E-state index contributed by atoms with van der Waals surface area (Å²) in [6, 6.07) is 10.2. The Kier molecular flexibility index (Phi) is 6.30. The average Bonchev–Trinajstić information content (AvgIpc) is 2.52. The molecule has 23 heavy (non-hydrogen) atoms. The maximum atomic E-state index is 13.6. The molecular weight excluding hydrogens is 337 g/mol. The lowest BCUT2D eigenvalue weighted by molar-refractivity contribution is -0.113. The van der Waals surface area contributed by atoms with Gasteiger partial charge in [0.15, 0.2) is 11.6 Å². The largest absolute Gasteiger partial charge is 0.494 e. The molecule has 0 aliphatic rings. The van der Waals surface area contributed by atoms with E-state index < -0.39 is 5.82 Å². The summed E-state index contributed by atoms with van der Waals surface area (Å²) in [5.41, 5.74) is 2.35. The second-order valence-corrected chi connectivity index (χ2v) is 6.32. The first kappa shape index (κ1) is 17.6. The Hall–Kier alpha value is -1.72. The van der Waals surface area contributed by atoms with Crippen molar-refractivity contribution in [3.05, 3.63) is 58.4 Å². The molecule has 0 heterocycles. The van der Waals surface area contributed by atoms with Gasteiger partial charge in [0.2, 0.25) is 5.91 Å². The van der Waals surface area contributed by atoms with Crippen molar-refractivity contribution in [1.29, 1.82) is 0 Å². The van der Waals surface area contributed by atoms with Crippen LogP contribution in [0.1, 0.15) is 11.1 Å². The summed E-state index contributed by atoms with van der Waals surface area (Å²) in [7, 11) is 1.43. The Morgan fingerprint density at radius 3 is 2.83 bits per heavy atom. The number of hydrogen-bond donors (Lipinski definition) is 1. The highest BCUT2D eigenvalue weighted by Crippen LogP contribution is 2.24. The lowest BCUT2D eigenvalue weighted by atomic mass is 10.2. The van der Waals surface area contributed by atoms with Gasteiger partial charge in [-0.05, 0) is 42.3 Å². The van der Waals surface area contributed by atoms with E-state index in [0.29, 0.717) is 16.5 Å². The van der Waals surface area contributed by atoms with Crippen LogP contribution in [0.3, 0.4) is 0 Å². The number of carbonyl (C=O) groups excluding carboxylic acids is 1. The van der Waals surface area contributed by atoms with E-state index in [1.54, 1.807) is 24.3 Å². The molecule has 3 nitrogen and oxygen atoms in total. The van der Waals surface area contributed by atoms with Crippen molar-refractivity contribution in [1.82, 2.24) is 0 Å². The minimum atomic E-state index is -0.399. The quantitative estimate of drug-likeness (QED) is 0.820. The maximum absolute atomic E-state index is 13.6. The molecule has 2 rings (SSSR count). The zero-order valence-corrected chi connectivity index (χ0v) is 14.4. The molecule has 2 aromatic carbocycles. The highest BCUT2D eigenvalue weighted by Gasteiger charge is 2.08. The normalized spacial score (nSPS) is 10.4. The Labute approximate surface area is 144 Å². The van der Waals surface area contributed by atoms with Crippen LogP contribution in [0.2, 0.25) is 5.02 Å². The van der Waals surface area contributed by atoms with Gasteiger partial charge >= 0.3 is 0 Å². The molecule has 122 valence electrons. The molecule has 0 aromatic heterocycles. The van der Waals surface area contributed by atoms with E-state index in [9.17, 15) is 9.18 Å². The second kappa shape index (κ2) is 8.22. The molecule has 0 radical (unpaired) electrons. The molecule has 0 fully saturated rings. The van der Waals surface area contributed by atoms with E-state index in [4.69, 9.17) is 16.3 Å². The molecule has 0 aliphatic carbocycles. The fraction of sp³-hybridized carbons (Fsp3) is 0.235. The number of benzene rings is 2.